The molecule has 286 valence electrons. The number of allylic oxidation sites excluding steroid dienone is 2. The first-order valence-electron chi connectivity index (χ1n) is 21.1. The highest BCUT2D eigenvalue weighted by Crippen LogP contribution is 2.16. The van der Waals surface area contributed by atoms with Crippen molar-refractivity contribution in [1.82, 2.24) is 5.32 Å². The fourth-order valence-electron chi connectivity index (χ4n) is 6.58. The standard InChI is InChI=1S/C42H83NO5/c1-3-5-7-9-11-13-15-17-18-19-20-21-22-23-24-26-28-30-32-34-36-40(46)42(48)43-38(37-44)41(47)39(45)35-33-31-29-27-25-16-14-12-10-8-6-4-2/h27,29,38-41,44-47H,3-26,28,30-37H2,1-2H3,(H,43,48)/b29-27+/t38-,39+,40+,41-/m0/s1. The summed E-state index contributed by atoms with van der Waals surface area (Å²) >= 11 is 0. The van der Waals surface area contributed by atoms with Gasteiger partial charge in [-0.1, -0.05) is 193 Å². The van der Waals surface area contributed by atoms with Crippen LogP contribution in [0.4, 0.5) is 0 Å². The van der Waals surface area contributed by atoms with Gasteiger partial charge in [-0.3, -0.25) is 4.79 Å². The Balaban J connectivity index is 3.73. The molecule has 0 unspecified atom stereocenters. The van der Waals surface area contributed by atoms with Gasteiger partial charge >= 0.3 is 0 Å². The van der Waals surface area contributed by atoms with E-state index in [0.29, 0.717) is 12.8 Å². The number of carbonyl (C=O) groups is 1. The molecule has 0 aromatic heterocycles. The van der Waals surface area contributed by atoms with E-state index in [4.69, 9.17) is 0 Å². The predicted molar refractivity (Wildman–Crippen MR) is 205 cm³/mol. The molecule has 0 aliphatic heterocycles. The minimum absolute atomic E-state index is 0.368. The minimum atomic E-state index is -1.28. The first-order chi connectivity index (χ1) is 23.5. The van der Waals surface area contributed by atoms with Gasteiger partial charge in [0, 0.05) is 0 Å². The third kappa shape index (κ3) is 31.1. The molecule has 0 saturated carbocycles. The van der Waals surface area contributed by atoms with Crippen molar-refractivity contribution in [1.29, 1.82) is 0 Å². The number of unbranched alkanes of at least 4 members (excludes halogenated alkanes) is 27. The van der Waals surface area contributed by atoms with Crippen LogP contribution in [-0.2, 0) is 4.79 Å². The van der Waals surface area contributed by atoms with Crippen molar-refractivity contribution in [2.24, 2.45) is 0 Å². The second-order valence-electron chi connectivity index (χ2n) is 14.7. The molecule has 0 radical (unpaired) electrons. The molecule has 0 spiro atoms. The molecule has 48 heavy (non-hydrogen) atoms. The van der Waals surface area contributed by atoms with Crippen molar-refractivity contribution in [3.63, 3.8) is 0 Å². The van der Waals surface area contributed by atoms with Crippen molar-refractivity contribution in [2.45, 2.75) is 244 Å². The van der Waals surface area contributed by atoms with Crippen LogP contribution in [0.1, 0.15) is 219 Å². The lowest BCUT2D eigenvalue weighted by molar-refractivity contribution is -0.132. The molecule has 0 aromatic carbocycles. The van der Waals surface area contributed by atoms with E-state index in [9.17, 15) is 25.2 Å². The second kappa shape index (κ2) is 37.3. The summed E-state index contributed by atoms with van der Waals surface area (Å²) in [5, 5.41) is 43.5. The largest absolute Gasteiger partial charge is 0.394 e. The highest BCUT2D eigenvalue weighted by atomic mass is 16.3. The first-order valence-corrected chi connectivity index (χ1v) is 21.1. The molecule has 5 N–H and O–H groups in total. The van der Waals surface area contributed by atoms with Crippen molar-refractivity contribution in [3.05, 3.63) is 12.2 Å². The van der Waals surface area contributed by atoms with Crippen molar-refractivity contribution < 1.29 is 25.2 Å². The maximum absolute atomic E-state index is 12.5. The van der Waals surface area contributed by atoms with Crippen molar-refractivity contribution >= 4 is 5.91 Å². The molecular formula is C42H83NO5. The Morgan fingerprint density at radius 2 is 0.854 bits per heavy atom. The number of amides is 1. The van der Waals surface area contributed by atoms with E-state index in [2.05, 4.69) is 31.3 Å². The van der Waals surface area contributed by atoms with Crippen LogP contribution in [0.3, 0.4) is 0 Å². The van der Waals surface area contributed by atoms with Crippen LogP contribution < -0.4 is 5.32 Å². The van der Waals surface area contributed by atoms with Crippen molar-refractivity contribution in [3.8, 4) is 0 Å². The minimum Gasteiger partial charge on any atom is -0.394 e. The number of nitrogens with one attached hydrogen (secondary N) is 1. The van der Waals surface area contributed by atoms with E-state index in [1.54, 1.807) is 0 Å². The quantitative estimate of drug-likeness (QED) is 0.0329. The van der Waals surface area contributed by atoms with Gasteiger partial charge in [-0.15, -0.1) is 0 Å². The summed E-state index contributed by atoms with van der Waals surface area (Å²) in [5.74, 6) is -0.591. The zero-order valence-electron chi connectivity index (χ0n) is 32.0. The Kier molecular flexibility index (Phi) is 36.6. The Morgan fingerprint density at radius 3 is 1.25 bits per heavy atom. The van der Waals surface area contributed by atoms with Gasteiger partial charge in [0.15, 0.2) is 0 Å². The van der Waals surface area contributed by atoms with Gasteiger partial charge in [-0.2, -0.15) is 0 Å². The maximum Gasteiger partial charge on any atom is 0.249 e. The van der Waals surface area contributed by atoms with Crippen LogP contribution in [-0.4, -0.2) is 57.3 Å². The van der Waals surface area contributed by atoms with Crippen molar-refractivity contribution in [2.75, 3.05) is 6.61 Å². The average molecular weight is 682 g/mol. The van der Waals surface area contributed by atoms with E-state index < -0.39 is 36.9 Å². The van der Waals surface area contributed by atoms with E-state index in [1.165, 1.54) is 154 Å². The Bertz CT molecular complexity index is 687. The summed E-state index contributed by atoms with van der Waals surface area (Å²) in [6.45, 7) is 4.03. The topological polar surface area (TPSA) is 110 Å². The summed E-state index contributed by atoms with van der Waals surface area (Å²) in [6, 6.07) is -0.995. The number of aliphatic hydroxyl groups is 4. The fourth-order valence-corrected chi connectivity index (χ4v) is 6.58. The third-order valence-corrected chi connectivity index (χ3v) is 9.98. The lowest BCUT2D eigenvalue weighted by Crippen LogP contribution is -2.53. The molecule has 0 heterocycles. The van der Waals surface area contributed by atoms with E-state index in [1.807, 2.05) is 0 Å². The Labute approximate surface area is 298 Å². The molecule has 0 saturated heterocycles. The SMILES string of the molecule is CCCCCCCCC/C=C/CCC[C@@H](O)[C@@H](O)[C@H](CO)NC(=O)[C@H](O)CCCCCCCCCCCCCCCCCCCCCC. The maximum atomic E-state index is 12.5. The normalized spacial score (nSPS) is 14.4. The van der Waals surface area contributed by atoms with Crippen LogP contribution in [0.2, 0.25) is 0 Å². The molecule has 0 fully saturated rings. The van der Waals surface area contributed by atoms with Crippen LogP contribution in [0.5, 0.6) is 0 Å². The first kappa shape index (κ1) is 47.0. The molecule has 6 nitrogen and oxygen atoms in total. The van der Waals surface area contributed by atoms with E-state index >= 15 is 0 Å². The zero-order valence-corrected chi connectivity index (χ0v) is 32.0. The number of rotatable bonds is 38. The van der Waals surface area contributed by atoms with Crippen LogP contribution >= 0.6 is 0 Å². The average Bonchev–Trinajstić information content (AvgIpc) is 3.09. The monoisotopic (exact) mass is 682 g/mol. The summed E-state index contributed by atoms with van der Waals surface area (Å²) in [6.07, 6.45) is 39.6. The smallest absolute Gasteiger partial charge is 0.249 e. The third-order valence-electron chi connectivity index (χ3n) is 9.98. The molecule has 0 aliphatic carbocycles. The van der Waals surface area contributed by atoms with Crippen LogP contribution in [0.15, 0.2) is 12.2 Å². The number of hydrogen-bond donors (Lipinski definition) is 5. The number of aliphatic hydroxyl groups excluding tert-OH is 4. The summed E-state index contributed by atoms with van der Waals surface area (Å²) in [5.41, 5.74) is 0. The molecule has 1 amide bonds. The lowest BCUT2D eigenvalue weighted by atomic mass is 10.00. The van der Waals surface area contributed by atoms with Gasteiger partial charge in [0.25, 0.3) is 0 Å². The van der Waals surface area contributed by atoms with Crippen LogP contribution in [0.25, 0.3) is 0 Å². The lowest BCUT2D eigenvalue weighted by Gasteiger charge is -2.27. The summed E-state index contributed by atoms with van der Waals surface area (Å²) in [4.78, 5) is 12.5. The highest BCUT2D eigenvalue weighted by Gasteiger charge is 2.28. The second-order valence-corrected chi connectivity index (χ2v) is 14.7. The Morgan fingerprint density at radius 1 is 0.500 bits per heavy atom. The van der Waals surface area contributed by atoms with E-state index in [-0.39, 0.29) is 0 Å². The fraction of sp³-hybridized carbons (Fsp3) is 0.929. The highest BCUT2D eigenvalue weighted by molar-refractivity contribution is 5.80. The van der Waals surface area contributed by atoms with Gasteiger partial charge in [0.2, 0.25) is 5.91 Å². The molecular weight excluding hydrogens is 598 g/mol. The molecule has 4 atom stereocenters. The van der Waals surface area contributed by atoms with Gasteiger partial charge in [-0.25, -0.2) is 0 Å². The number of hydrogen-bond acceptors (Lipinski definition) is 5. The van der Waals surface area contributed by atoms with Crippen LogP contribution in [0, 0.1) is 0 Å². The Hall–Kier alpha value is -0.950. The summed E-state index contributed by atoms with van der Waals surface area (Å²) in [7, 11) is 0. The molecule has 0 aromatic rings. The zero-order chi connectivity index (χ0) is 35.3. The number of carbonyl (C=O) groups excluding carboxylic acids is 1. The van der Waals surface area contributed by atoms with Gasteiger partial charge in [-0.05, 0) is 38.5 Å². The molecule has 0 rings (SSSR count). The molecule has 0 aliphatic rings. The predicted octanol–water partition coefficient (Wildman–Crippen LogP) is 10.6. The van der Waals surface area contributed by atoms with Gasteiger partial charge in [0.1, 0.15) is 12.2 Å². The molecule has 6 heteroatoms. The van der Waals surface area contributed by atoms with E-state index in [0.717, 1.165) is 38.5 Å². The van der Waals surface area contributed by atoms with Gasteiger partial charge in [0.05, 0.1) is 18.8 Å². The summed E-state index contributed by atoms with van der Waals surface area (Å²) < 4.78 is 0. The van der Waals surface area contributed by atoms with Gasteiger partial charge < -0.3 is 25.7 Å². The molecule has 0 bridgehead atoms.